The van der Waals surface area contributed by atoms with Crippen LogP contribution in [0.5, 0.6) is 5.75 Å². The predicted octanol–water partition coefficient (Wildman–Crippen LogP) is 4.51. The average Bonchev–Trinajstić information content (AvgIpc) is 2.43. The number of nitrogens with one attached hydrogen (secondary N) is 1. The minimum absolute atomic E-state index is 0.107. The van der Waals surface area contributed by atoms with Gasteiger partial charge in [0.2, 0.25) is 5.91 Å². The second-order valence-electron chi connectivity index (χ2n) is 4.06. The maximum Gasteiger partial charge on any atom is 0.227 e. The van der Waals surface area contributed by atoms with Gasteiger partial charge in [-0.25, -0.2) is 0 Å². The molecular weight excluding hydrogens is 342 g/mol. The fraction of sp³-hybridized carbons (Fsp3) is 0.133. The number of anilines is 1. The van der Waals surface area contributed by atoms with E-state index < -0.39 is 0 Å². The molecule has 0 spiro atoms. The zero-order valence-corrected chi connectivity index (χ0v) is 12.9. The minimum atomic E-state index is -0.107. The molecule has 0 aliphatic rings. The number of ether oxygens (including phenoxy) is 1. The number of para-hydroxylation sites is 2. The van der Waals surface area contributed by atoms with Crippen molar-refractivity contribution in [1.82, 2.24) is 0 Å². The van der Waals surface area contributed by atoms with Crippen LogP contribution in [0.4, 0.5) is 5.69 Å². The maximum atomic E-state index is 11.8. The molecule has 2 aromatic carbocycles. The topological polar surface area (TPSA) is 38.3 Å². The summed E-state index contributed by atoms with van der Waals surface area (Å²) in [7, 11) is 0. The molecule has 2 rings (SSSR count). The Bertz CT molecular complexity index is 604. The van der Waals surface area contributed by atoms with Crippen LogP contribution < -0.4 is 10.1 Å². The first-order valence-electron chi connectivity index (χ1n) is 6.08. The fourth-order valence-corrected chi connectivity index (χ4v) is 2.16. The molecule has 0 saturated carbocycles. The van der Waals surface area contributed by atoms with Crippen LogP contribution in [-0.2, 0) is 4.79 Å². The van der Waals surface area contributed by atoms with E-state index in [-0.39, 0.29) is 18.9 Å². The van der Waals surface area contributed by atoms with Gasteiger partial charge in [0.25, 0.3) is 0 Å². The minimum Gasteiger partial charge on any atom is -0.491 e. The zero-order chi connectivity index (χ0) is 14.4. The summed E-state index contributed by atoms with van der Waals surface area (Å²) in [4.78, 5) is 11.8. The van der Waals surface area contributed by atoms with Gasteiger partial charge in [-0.1, -0.05) is 35.9 Å². The van der Waals surface area contributed by atoms with Crippen molar-refractivity contribution in [2.45, 2.75) is 6.42 Å². The van der Waals surface area contributed by atoms with Crippen LogP contribution in [0.15, 0.2) is 53.0 Å². The number of carbonyl (C=O) groups is 1. The van der Waals surface area contributed by atoms with E-state index in [1.54, 1.807) is 12.1 Å². The molecule has 0 bridgehead atoms. The summed E-state index contributed by atoms with van der Waals surface area (Å²) >= 11 is 9.33. The third-order valence-electron chi connectivity index (χ3n) is 2.57. The van der Waals surface area contributed by atoms with E-state index in [0.717, 1.165) is 10.2 Å². The second kappa shape index (κ2) is 7.31. The van der Waals surface area contributed by atoms with Gasteiger partial charge >= 0.3 is 0 Å². The van der Waals surface area contributed by atoms with Gasteiger partial charge in [0.05, 0.1) is 23.7 Å². The SMILES string of the molecule is O=C(CCOc1ccccc1Cl)Nc1ccccc1Br. The molecule has 0 heterocycles. The Morgan fingerprint density at radius 1 is 1.15 bits per heavy atom. The highest BCUT2D eigenvalue weighted by Crippen LogP contribution is 2.23. The Labute approximate surface area is 131 Å². The average molecular weight is 355 g/mol. The highest BCUT2D eigenvalue weighted by Gasteiger charge is 2.06. The van der Waals surface area contributed by atoms with E-state index in [2.05, 4.69) is 21.2 Å². The number of hydrogen-bond donors (Lipinski definition) is 1. The first kappa shape index (κ1) is 14.9. The van der Waals surface area contributed by atoms with Crippen molar-refractivity contribution in [2.24, 2.45) is 0 Å². The van der Waals surface area contributed by atoms with E-state index in [9.17, 15) is 4.79 Å². The van der Waals surface area contributed by atoms with Crippen molar-refractivity contribution in [2.75, 3.05) is 11.9 Å². The Morgan fingerprint density at radius 2 is 1.85 bits per heavy atom. The number of amides is 1. The lowest BCUT2D eigenvalue weighted by Gasteiger charge is -2.09. The first-order chi connectivity index (χ1) is 9.66. The van der Waals surface area contributed by atoms with Gasteiger partial charge in [0.1, 0.15) is 5.75 Å². The molecule has 0 aromatic heterocycles. The van der Waals surface area contributed by atoms with Crippen LogP contribution in [0.3, 0.4) is 0 Å². The lowest BCUT2D eigenvalue weighted by molar-refractivity contribution is -0.116. The number of hydrogen-bond acceptors (Lipinski definition) is 2. The largest absolute Gasteiger partial charge is 0.491 e. The quantitative estimate of drug-likeness (QED) is 0.858. The van der Waals surface area contributed by atoms with Crippen molar-refractivity contribution in [3.8, 4) is 5.75 Å². The van der Waals surface area contributed by atoms with Crippen LogP contribution in [0, 0.1) is 0 Å². The molecule has 5 heteroatoms. The third kappa shape index (κ3) is 4.25. The van der Waals surface area contributed by atoms with Crippen molar-refractivity contribution in [1.29, 1.82) is 0 Å². The molecular formula is C15H13BrClNO2. The summed E-state index contributed by atoms with van der Waals surface area (Å²) in [6, 6.07) is 14.6. The molecule has 1 amide bonds. The molecule has 0 atom stereocenters. The second-order valence-corrected chi connectivity index (χ2v) is 5.32. The predicted molar refractivity (Wildman–Crippen MR) is 84.3 cm³/mol. The Hall–Kier alpha value is -1.52. The molecule has 0 saturated heterocycles. The van der Waals surface area contributed by atoms with Crippen LogP contribution in [-0.4, -0.2) is 12.5 Å². The van der Waals surface area contributed by atoms with Crippen molar-refractivity contribution >= 4 is 39.1 Å². The van der Waals surface area contributed by atoms with E-state index in [1.165, 1.54) is 0 Å². The highest BCUT2D eigenvalue weighted by molar-refractivity contribution is 9.10. The van der Waals surface area contributed by atoms with Gasteiger partial charge in [0, 0.05) is 4.47 Å². The van der Waals surface area contributed by atoms with E-state index in [4.69, 9.17) is 16.3 Å². The van der Waals surface area contributed by atoms with Crippen LogP contribution >= 0.6 is 27.5 Å². The van der Waals surface area contributed by atoms with Gasteiger partial charge in [0.15, 0.2) is 0 Å². The van der Waals surface area contributed by atoms with E-state index >= 15 is 0 Å². The van der Waals surface area contributed by atoms with Crippen LogP contribution in [0.1, 0.15) is 6.42 Å². The molecule has 104 valence electrons. The fourth-order valence-electron chi connectivity index (χ4n) is 1.59. The van der Waals surface area contributed by atoms with Crippen LogP contribution in [0.2, 0.25) is 5.02 Å². The summed E-state index contributed by atoms with van der Waals surface area (Å²) in [6.07, 6.45) is 0.257. The van der Waals surface area contributed by atoms with Gasteiger partial charge in [-0.15, -0.1) is 0 Å². The van der Waals surface area contributed by atoms with Crippen molar-refractivity contribution in [3.63, 3.8) is 0 Å². The van der Waals surface area contributed by atoms with Crippen molar-refractivity contribution < 1.29 is 9.53 Å². The molecule has 20 heavy (non-hydrogen) atoms. The summed E-state index contributed by atoms with van der Waals surface area (Å²) in [5, 5.41) is 3.35. The first-order valence-corrected chi connectivity index (χ1v) is 7.25. The normalized spacial score (nSPS) is 10.1. The lowest BCUT2D eigenvalue weighted by atomic mass is 10.3. The number of halogens is 2. The van der Waals surface area contributed by atoms with E-state index in [1.807, 2.05) is 36.4 Å². The highest BCUT2D eigenvalue weighted by atomic mass is 79.9. The van der Waals surface area contributed by atoms with Gasteiger partial charge < -0.3 is 10.1 Å². The number of carbonyl (C=O) groups excluding carboxylic acids is 1. The molecule has 1 N–H and O–H groups in total. The molecule has 0 aliphatic heterocycles. The van der Waals surface area contributed by atoms with E-state index in [0.29, 0.717) is 10.8 Å². The molecule has 0 unspecified atom stereocenters. The lowest BCUT2D eigenvalue weighted by Crippen LogP contribution is -2.15. The Kier molecular flexibility index (Phi) is 5.44. The molecule has 2 aromatic rings. The van der Waals surface area contributed by atoms with Crippen LogP contribution in [0.25, 0.3) is 0 Å². The monoisotopic (exact) mass is 353 g/mol. The van der Waals surface area contributed by atoms with Gasteiger partial charge in [-0.2, -0.15) is 0 Å². The molecule has 0 fully saturated rings. The third-order valence-corrected chi connectivity index (χ3v) is 3.58. The zero-order valence-electron chi connectivity index (χ0n) is 10.6. The molecule has 3 nitrogen and oxygen atoms in total. The smallest absolute Gasteiger partial charge is 0.227 e. The number of benzene rings is 2. The Balaban J connectivity index is 1.82. The van der Waals surface area contributed by atoms with Gasteiger partial charge in [-0.05, 0) is 40.2 Å². The van der Waals surface area contributed by atoms with Crippen molar-refractivity contribution in [3.05, 3.63) is 58.0 Å². The summed E-state index contributed by atoms with van der Waals surface area (Å²) < 4.78 is 6.32. The molecule has 0 radical (unpaired) electrons. The molecule has 0 aliphatic carbocycles. The summed E-state index contributed by atoms with van der Waals surface area (Å²) in [6.45, 7) is 0.278. The Morgan fingerprint density at radius 3 is 2.60 bits per heavy atom. The van der Waals surface area contributed by atoms with Gasteiger partial charge in [-0.3, -0.25) is 4.79 Å². The standard InChI is InChI=1S/C15H13BrClNO2/c16-11-5-1-3-7-13(11)18-15(19)9-10-20-14-8-4-2-6-12(14)17/h1-8H,9-10H2,(H,18,19). The maximum absolute atomic E-state index is 11.8. The summed E-state index contributed by atoms with van der Waals surface area (Å²) in [5.41, 5.74) is 0.746. The summed E-state index contributed by atoms with van der Waals surface area (Å²) in [5.74, 6) is 0.479. The number of rotatable bonds is 5.